The van der Waals surface area contributed by atoms with Crippen molar-refractivity contribution in [1.82, 2.24) is 15.0 Å². The van der Waals surface area contributed by atoms with Gasteiger partial charge in [0.25, 0.3) is 0 Å². The fourth-order valence-electron chi connectivity index (χ4n) is 2.55. The van der Waals surface area contributed by atoms with Crippen LogP contribution in [-0.2, 0) is 5.41 Å². The highest BCUT2D eigenvalue weighted by Gasteiger charge is 2.18. The zero-order valence-electron chi connectivity index (χ0n) is 15.4. The van der Waals surface area contributed by atoms with Crippen LogP contribution in [0.3, 0.4) is 0 Å². The van der Waals surface area contributed by atoms with Gasteiger partial charge in [0.2, 0.25) is 5.89 Å². The summed E-state index contributed by atoms with van der Waals surface area (Å²) in [5.74, 6) is 2.25. The van der Waals surface area contributed by atoms with Gasteiger partial charge in [-0.15, -0.1) is 0 Å². The SMILES string of the molecule is CC(C)(C)c1cnc(C=Cc2cnc(Nc3cc4ccccc4cn3)s2)o1. The van der Waals surface area contributed by atoms with Crippen LogP contribution < -0.4 is 5.32 Å². The van der Waals surface area contributed by atoms with Crippen LogP contribution in [0.15, 0.2) is 53.3 Å². The number of nitrogens with zero attached hydrogens (tertiary/aromatic N) is 3. The molecule has 4 rings (SSSR count). The summed E-state index contributed by atoms with van der Waals surface area (Å²) in [5, 5.41) is 6.31. The van der Waals surface area contributed by atoms with Crippen molar-refractivity contribution in [2.45, 2.75) is 26.2 Å². The Morgan fingerprint density at radius 2 is 1.78 bits per heavy atom. The van der Waals surface area contributed by atoms with Gasteiger partial charge < -0.3 is 9.73 Å². The van der Waals surface area contributed by atoms with Gasteiger partial charge in [-0.1, -0.05) is 56.4 Å². The minimum absolute atomic E-state index is 0.0481. The molecule has 1 N–H and O–H groups in total. The highest BCUT2D eigenvalue weighted by Crippen LogP contribution is 2.26. The number of hydrogen-bond donors (Lipinski definition) is 1. The van der Waals surface area contributed by atoms with Gasteiger partial charge in [0.15, 0.2) is 5.13 Å². The van der Waals surface area contributed by atoms with Crippen molar-refractivity contribution in [3.05, 3.63) is 65.5 Å². The highest BCUT2D eigenvalue weighted by atomic mass is 32.1. The Kier molecular flexibility index (Phi) is 4.49. The lowest BCUT2D eigenvalue weighted by Gasteiger charge is -2.12. The second-order valence-corrected chi connectivity index (χ2v) is 8.32. The molecule has 0 unspecified atom stereocenters. The molecule has 0 aliphatic carbocycles. The molecule has 27 heavy (non-hydrogen) atoms. The second-order valence-electron chi connectivity index (χ2n) is 7.26. The van der Waals surface area contributed by atoms with Crippen LogP contribution in [0.5, 0.6) is 0 Å². The van der Waals surface area contributed by atoms with E-state index in [-0.39, 0.29) is 5.41 Å². The van der Waals surface area contributed by atoms with E-state index >= 15 is 0 Å². The third-order valence-corrected chi connectivity index (χ3v) is 4.92. The van der Waals surface area contributed by atoms with Crippen LogP contribution in [-0.4, -0.2) is 15.0 Å². The number of nitrogens with one attached hydrogen (secondary N) is 1. The fraction of sp³-hybridized carbons (Fsp3) is 0.190. The number of oxazole rings is 1. The Bertz CT molecular complexity index is 1100. The zero-order valence-corrected chi connectivity index (χ0v) is 16.2. The number of rotatable bonds is 4. The molecule has 0 atom stereocenters. The summed E-state index contributed by atoms with van der Waals surface area (Å²) in [6.07, 6.45) is 9.28. The molecule has 3 heterocycles. The summed E-state index contributed by atoms with van der Waals surface area (Å²) in [4.78, 5) is 14.2. The van der Waals surface area contributed by atoms with E-state index in [1.165, 1.54) is 0 Å². The van der Waals surface area contributed by atoms with Crippen molar-refractivity contribution in [2.75, 3.05) is 5.32 Å². The van der Waals surface area contributed by atoms with Gasteiger partial charge in [0, 0.05) is 34.1 Å². The number of fused-ring (bicyclic) bond motifs is 1. The van der Waals surface area contributed by atoms with Crippen LogP contribution in [0.25, 0.3) is 22.9 Å². The van der Waals surface area contributed by atoms with Gasteiger partial charge in [-0.3, -0.25) is 0 Å². The van der Waals surface area contributed by atoms with Gasteiger partial charge in [-0.2, -0.15) is 0 Å². The van der Waals surface area contributed by atoms with E-state index in [1.54, 1.807) is 17.5 Å². The first-order chi connectivity index (χ1) is 13.0. The molecule has 136 valence electrons. The average molecular weight is 376 g/mol. The molecule has 0 fully saturated rings. The van der Waals surface area contributed by atoms with Crippen LogP contribution in [0, 0.1) is 0 Å². The predicted octanol–water partition coefficient (Wildman–Crippen LogP) is 5.89. The summed E-state index contributed by atoms with van der Waals surface area (Å²) in [6, 6.07) is 10.2. The van der Waals surface area contributed by atoms with Gasteiger partial charge in [0.05, 0.1) is 6.20 Å². The van der Waals surface area contributed by atoms with Crippen LogP contribution in [0.1, 0.15) is 37.3 Å². The van der Waals surface area contributed by atoms with E-state index in [0.717, 1.165) is 32.4 Å². The number of anilines is 2. The first-order valence-corrected chi connectivity index (χ1v) is 9.51. The smallest absolute Gasteiger partial charge is 0.218 e. The van der Waals surface area contributed by atoms with Crippen molar-refractivity contribution >= 4 is 45.2 Å². The second kappa shape index (κ2) is 6.96. The van der Waals surface area contributed by atoms with E-state index in [4.69, 9.17) is 4.42 Å². The highest BCUT2D eigenvalue weighted by molar-refractivity contribution is 7.16. The maximum Gasteiger partial charge on any atom is 0.218 e. The zero-order chi connectivity index (χ0) is 18.9. The van der Waals surface area contributed by atoms with E-state index in [2.05, 4.69) is 47.1 Å². The largest absolute Gasteiger partial charge is 0.441 e. The third kappa shape index (κ3) is 4.06. The van der Waals surface area contributed by atoms with E-state index in [0.29, 0.717) is 5.89 Å². The van der Waals surface area contributed by atoms with Crippen molar-refractivity contribution < 1.29 is 4.42 Å². The summed E-state index contributed by atoms with van der Waals surface area (Å²) >= 11 is 1.55. The van der Waals surface area contributed by atoms with Gasteiger partial charge in [-0.25, -0.2) is 15.0 Å². The minimum Gasteiger partial charge on any atom is -0.441 e. The van der Waals surface area contributed by atoms with Crippen molar-refractivity contribution in [1.29, 1.82) is 0 Å². The molecular weight excluding hydrogens is 356 g/mol. The summed E-state index contributed by atoms with van der Waals surface area (Å²) in [7, 11) is 0. The number of hydrogen-bond acceptors (Lipinski definition) is 6. The third-order valence-electron chi connectivity index (χ3n) is 4.04. The molecule has 0 aliphatic heterocycles. The molecule has 0 saturated heterocycles. The topological polar surface area (TPSA) is 63.8 Å². The Hall–Kier alpha value is -2.99. The lowest BCUT2D eigenvalue weighted by molar-refractivity contribution is 0.403. The standard InChI is InChI=1S/C21H20N4OS/c1-21(2,3)17-13-23-19(26-17)9-8-16-12-24-20(27-16)25-18-10-14-6-4-5-7-15(14)11-22-18/h4-13H,1-3H3,(H,22,24,25). The summed E-state index contributed by atoms with van der Waals surface area (Å²) in [5.41, 5.74) is -0.0481. The quantitative estimate of drug-likeness (QED) is 0.481. The molecule has 0 saturated carbocycles. The lowest BCUT2D eigenvalue weighted by atomic mass is 9.94. The molecule has 0 spiro atoms. The molecule has 1 aromatic carbocycles. The fourth-order valence-corrected chi connectivity index (χ4v) is 3.27. The number of benzene rings is 1. The van der Waals surface area contributed by atoms with Crippen LogP contribution >= 0.6 is 11.3 Å². The maximum absolute atomic E-state index is 5.77. The molecule has 3 aromatic heterocycles. The molecule has 5 nitrogen and oxygen atoms in total. The molecule has 0 radical (unpaired) electrons. The molecule has 0 amide bonds. The maximum atomic E-state index is 5.77. The lowest BCUT2D eigenvalue weighted by Crippen LogP contribution is -2.09. The number of thiazole rings is 1. The Balaban J connectivity index is 1.47. The molecule has 0 aliphatic rings. The van der Waals surface area contributed by atoms with Gasteiger partial charge in [-0.05, 0) is 17.5 Å². The van der Waals surface area contributed by atoms with Gasteiger partial charge in [0.1, 0.15) is 11.6 Å². The number of aromatic nitrogens is 3. The van der Waals surface area contributed by atoms with Crippen LogP contribution in [0.4, 0.5) is 10.9 Å². The Labute approximate surface area is 161 Å². The predicted molar refractivity (Wildman–Crippen MR) is 111 cm³/mol. The van der Waals surface area contributed by atoms with E-state index < -0.39 is 0 Å². The Morgan fingerprint density at radius 1 is 0.963 bits per heavy atom. The van der Waals surface area contributed by atoms with Crippen LogP contribution in [0.2, 0.25) is 0 Å². The summed E-state index contributed by atoms with van der Waals surface area (Å²) in [6.45, 7) is 6.30. The molecule has 6 heteroatoms. The minimum atomic E-state index is -0.0481. The van der Waals surface area contributed by atoms with Crippen molar-refractivity contribution in [3.63, 3.8) is 0 Å². The van der Waals surface area contributed by atoms with Gasteiger partial charge >= 0.3 is 0 Å². The first kappa shape index (κ1) is 17.4. The first-order valence-electron chi connectivity index (χ1n) is 8.69. The van der Waals surface area contributed by atoms with E-state index in [9.17, 15) is 0 Å². The monoisotopic (exact) mass is 376 g/mol. The summed E-state index contributed by atoms with van der Waals surface area (Å²) < 4.78 is 5.77. The molecular formula is C21H20N4OS. The van der Waals surface area contributed by atoms with E-state index in [1.807, 2.05) is 48.8 Å². The molecule has 4 aromatic rings. The van der Waals surface area contributed by atoms with Crippen molar-refractivity contribution in [2.24, 2.45) is 0 Å². The Morgan fingerprint density at radius 3 is 2.56 bits per heavy atom. The average Bonchev–Trinajstić information content (AvgIpc) is 3.29. The van der Waals surface area contributed by atoms with Crippen molar-refractivity contribution in [3.8, 4) is 0 Å². The molecule has 0 bridgehead atoms. The normalized spacial score (nSPS) is 12.1. The number of pyridine rings is 1.